The summed E-state index contributed by atoms with van der Waals surface area (Å²) < 4.78 is 5.42. The average molecular weight is 330 g/mol. The molecule has 2 heterocycles. The highest BCUT2D eigenvalue weighted by atomic mass is 16.8. The van der Waals surface area contributed by atoms with Crippen LogP contribution >= 0.6 is 0 Å². The Morgan fingerprint density at radius 1 is 1.33 bits per heavy atom. The first kappa shape index (κ1) is 16.7. The van der Waals surface area contributed by atoms with E-state index in [4.69, 9.17) is 9.57 Å². The largest absolute Gasteiger partial charge is 0.350 e. The average Bonchev–Trinajstić information content (AvgIpc) is 2.61. The molecule has 2 amide bonds. The van der Waals surface area contributed by atoms with Crippen LogP contribution in [0.1, 0.15) is 49.8 Å². The van der Waals surface area contributed by atoms with Crippen LogP contribution in [0.25, 0.3) is 6.08 Å². The van der Waals surface area contributed by atoms with Gasteiger partial charge in [-0.3, -0.25) is 9.59 Å². The van der Waals surface area contributed by atoms with Crippen molar-refractivity contribution < 1.29 is 19.2 Å². The lowest BCUT2D eigenvalue weighted by Crippen LogP contribution is -2.37. The van der Waals surface area contributed by atoms with E-state index < -0.39 is 0 Å². The molecule has 6 heteroatoms. The molecular weight excluding hydrogens is 308 g/mol. The summed E-state index contributed by atoms with van der Waals surface area (Å²) in [4.78, 5) is 31.1. The van der Waals surface area contributed by atoms with Gasteiger partial charge in [-0.2, -0.15) is 0 Å². The summed E-state index contributed by atoms with van der Waals surface area (Å²) in [5.74, 6) is -0.374. The normalized spacial score (nSPS) is 22.8. The third-order valence-corrected chi connectivity index (χ3v) is 4.29. The summed E-state index contributed by atoms with van der Waals surface area (Å²) in [6.45, 7) is 2.15. The molecule has 1 saturated heterocycles. The number of rotatable bonds is 4. The number of amides is 2. The molecule has 6 nitrogen and oxygen atoms in total. The fourth-order valence-electron chi connectivity index (χ4n) is 3.07. The summed E-state index contributed by atoms with van der Waals surface area (Å²) in [6, 6.07) is 7.43. The number of hydrogen-bond acceptors (Lipinski definition) is 4. The fraction of sp³-hybridized carbons (Fsp3) is 0.444. The monoisotopic (exact) mass is 330 g/mol. The maximum absolute atomic E-state index is 12.3. The summed E-state index contributed by atoms with van der Waals surface area (Å²) in [5.41, 5.74) is 4.44. The molecule has 1 aromatic carbocycles. The van der Waals surface area contributed by atoms with Gasteiger partial charge in [0, 0.05) is 26.2 Å². The molecular formula is C18H22N2O4. The van der Waals surface area contributed by atoms with Gasteiger partial charge in [0.2, 0.25) is 11.8 Å². The van der Waals surface area contributed by atoms with Crippen LogP contribution in [0.2, 0.25) is 0 Å². The molecule has 0 aromatic heterocycles. The Morgan fingerprint density at radius 3 is 2.92 bits per heavy atom. The predicted octanol–water partition coefficient (Wildman–Crippen LogP) is 2.53. The van der Waals surface area contributed by atoms with Crippen molar-refractivity contribution in [2.45, 2.75) is 44.9 Å². The zero-order chi connectivity index (χ0) is 16.9. The Morgan fingerprint density at radius 2 is 2.17 bits per heavy atom. The third kappa shape index (κ3) is 3.83. The van der Waals surface area contributed by atoms with Crippen LogP contribution in [-0.4, -0.2) is 29.6 Å². The second-order valence-corrected chi connectivity index (χ2v) is 6.03. The van der Waals surface area contributed by atoms with Crippen molar-refractivity contribution in [1.82, 2.24) is 10.4 Å². The molecule has 128 valence electrons. The molecule has 2 aliphatic heterocycles. The number of carbonyl (C=O) groups excluding carboxylic acids is 2. The fourth-order valence-corrected chi connectivity index (χ4v) is 3.07. The molecule has 2 unspecified atom stereocenters. The third-order valence-electron chi connectivity index (χ3n) is 4.29. The van der Waals surface area contributed by atoms with Gasteiger partial charge in [-0.25, -0.2) is 10.3 Å². The zero-order valence-electron chi connectivity index (χ0n) is 13.7. The van der Waals surface area contributed by atoms with Gasteiger partial charge in [0.1, 0.15) is 0 Å². The Bertz CT molecular complexity index is 638. The topological polar surface area (TPSA) is 67.9 Å². The molecule has 2 aliphatic rings. The van der Waals surface area contributed by atoms with Gasteiger partial charge < -0.3 is 9.64 Å². The molecule has 0 bridgehead atoms. The van der Waals surface area contributed by atoms with E-state index in [0.717, 1.165) is 30.4 Å². The van der Waals surface area contributed by atoms with E-state index in [1.165, 1.54) is 6.92 Å². The van der Waals surface area contributed by atoms with Gasteiger partial charge in [-0.15, -0.1) is 0 Å². The molecule has 1 aromatic rings. The first-order chi connectivity index (χ1) is 11.6. The highest BCUT2D eigenvalue weighted by Gasteiger charge is 2.28. The second kappa shape index (κ2) is 7.59. The quantitative estimate of drug-likeness (QED) is 0.862. The van der Waals surface area contributed by atoms with E-state index in [0.29, 0.717) is 6.61 Å². The zero-order valence-corrected chi connectivity index (χ0v) is 13.7. The lowest BCUT2D eigenvalue weighted by molar-refractivity contribution is -0.200. The van der Waals surface area contributed by atoms with E-state index in [1.807, 2.05) is 30.3 Å². The molecule has 24 heavy (non-hydrogen) atoms. The highest BCUT2D eigenvalue weighted by molar-refractivity contribution is 5.81. The van der Waals surface area contributed by atoms with E-state index in [1.54, 1.807) is 11.1 Å². The molecule has 0 aliphatic carbocycles. The predicted molar refractivity (Wildman–Crippen MR) is 88.2 cm³/mol. The smallest absolute Gasteiger partial charge is 0.246 e. The van der Waals surface area contributed by atoms with Crippen LogP contribution in [0.4, 0.5) is 0 Å². The molecule has 1 fully saturated rings. The maximum Gasteiger partial charge on any atom is 0.246 e. The molecule has 2 atom stereocenters. The molecule has 3 rings (SSSR count). The molecule has 0 saturated carbocycles. The Labute approximate surface area is 141 Å². The minimum Gasteiger partial charge on any atom is -0.350 e. The van der Waals surface area contributed by atoms with Gasteiger partial charge in [0.05, 0.1) is 12.5 Å². The highest BCUT2D eigenvalue weighted by Crippen LogP contribution is 2.32. The van der Waals surface area contributed by atoms with Crippen LogP contribution < -0.4 is 5.48 Å². The number of carbonyl (C=O) groups is 2. The molecule has 1 N–H and O–H groups in total. The van der Waals surface area contributed by atoms with E-state index in [9.17, 15) is 9.59 Å². The summed E-state index contributed by atoms with van der Waals surface area (Å²) in [5, 5.41) is 0. The van der Waals surface area contributed by atoms with Gasteiger partial charge in [0.25, 0.3) is 0 Å². The minimum absolute atomic E-state index is 0.102. The first-order valence-corrected chi connectivity index (χ1v) is 8.27. The number of hydrogen-bond donors (Lipinski definition) is 1. The van der Waals surface area contributed by atoms with Crippen molar-refractivity contribution in [3.05, 3.63) is 41.6 Å². The Kier molecular flexibility index (Phi) is 5.27. The van der Waals surface area contributed by atoms with E-state index in [-0.39, 0.29) is 30.6 Å². The number of nitrogens with zero attached hydrogens (tertiary/aromatic N) is 1. The summed E-state index contributed by atoms with van der Waals surface area (Å²) >= 11 is 0. The van der Waals surface area contributed by atoms with Crippen molar-refractivity contribution in [2.75, 3.05) is 6.61 Å². The van der Waals surface area contributed by atoms with Crippen LogP contribution in [0.5, 0.6) is 0 Å². The Balaban J connectivity index is 1.65. The van der Waals surface area contributed by atoms with Gasteiger partial charge in [0.15, 0.2) is 6.29 Å². The SMILES string of the molecule is CC(=O)N1C=Cc2ccccc2C1CC(=O)NOC1CCCCO1. The van der Waals surface area contributed by atoms with Crippen molar-refractivity contribution in [3.8, 4) is 0 Å². The molecule has 0 spiro atoms. The van der Waals surface area contributed by atoms with Gasteiger partial charge in [-0.1, -0.05) is 24.3 Å². The lowest BCUT2D eigenvalue weighted by Gasteiger charge is -2.32. The van der Waals surface area contributed by atoms with Crippen LogP contribution in [-0.2, 0) is 19.2 Å². The number of hydroxylamine groups is 1. The summed E-state index contributed by atoms with van der Waals surface area (Å²) in [6.07, 6.45) is 6.19. The summed E-state index contributed by atoms with van der Waals surface area (Å²) in [7, 11) is 0. The standard InChI is InChI=1S/C18H22N2O4/c1-13(21)20-10-9-14-6-2-3-7-15(14)16(20)12-17(22)19-24-18-8-4-5-11-23-18/h2-3,6-7,9-10,16,18H,4-5,8,11-12H2,1H3,(H,19,22). The lowest BCUT2D eigenvalue weighted by atomic mass is 9.93. The maximum atomic E-state index is 12.3. The molecule has 0 radical (unpaired) electrons. The number of fused-ring (bicyclic) bond motifs is 1. The van der Waals surface area contributed by atoms with Crippen molar-refractivity contribution >= 4 is 17.9 Å². The van der Waals surface area contributed by atoms with Crippen LogP contribution in [0, 0.1) is 0 Å². The van der Waals surface area contributed by atoms with Crippen molar-refractivity contribution in [3.63, 3.8) is 0 Å². The van der Waals surface area contributed by atoms with Crippen molar-refractivity contribution in [2.24, 2.45) is 0 Å². The van der Waals surface area contributed by atoms with Gasteiger partial charge >= 0.3 is 0 Å². The van der Waals surface area contributed by atoms with Gasteiger partial charge in [-0.05, 0) is 30.0 Å². The van der Waals surface area contributed by atoms with Crippen LogP contribution in [0.3, 0.4) is 0 Å². The second-order valence-electron chi connectivity index (χ2n) is 6.03. The Hall–Kier alpha value is -2.18. The first-order valence-electron chi connectivity index (χ1n) is 8.27. The van der Waals surface area contributed by atoms with Crippen molar-refractivity contribution in [1.29, 1.82) is 0 Å². The number of ether oxygens (including phenoxy) is 1. The van der Waals surface area contributed by atoms with E-state index in [2.05, 4.69) is 5.48 Å². The number of nitrogens with one attached hydrogen (secondary N) is 1. The number of benzene rings is 1. The van der Waals surface area contributed by atoms with Crippen LogP contribution in [0.15, 0.2) is 30.5 Å². The minimum atomic E-state index is -0.384. The van der Waals surface area contributed by atoms with E-state index >= 15 is 0 Å².